The van der Waals surface area contributed by atoms with Crippen molar-refractivity contribution in [2.24, 2.45) is 0 Å². The Morgan fingerprint density at radius 2 is 1.89 bits per heavy atom. The van der Waals surface area contributed by atoms with Gasteiger partial charge < -0.3 is 4.42 Å². The summed E-state index contributed by atoms with van der Waals surface area (Å²) in [7, 11) is 0. The Morgan fingerprint density at radius 3 is 2.64 bits per heavy atom. The number of amides is 1. The predicted molar refractivity (Wildman–Crippen MR) is 115 cm³/mol. The summed E-state index contributed by atoms with van der Waals surface area (Å²) >= 11 is 13.8. The van der Waals surface area contributed by atoms with Gasteiger partial charge in [0.25, 0.3) is 5.91 Å². The first-order valence-electron chi connectivity index (χ1n) is 8.43. The van der Waals surface area contributed by atoms with Crippen LogP contribution in [0.5, 0.6) is 0 Å². The summed E-state index contributed by atoms with van der Waals surface area (Å²) in [6.45, 7) is 0.260. The standard InChI is InChI=1S/C21H14Cl2N2O2S/c22-16-7-2-1-5-14(16)10-11-19(26)25(13-15-6-4-12-27-15)21-24-20-17(23)8-3-9-18(20)28-21/h1-12H,13H2/b11-10+. The second-order valence-electron chi connectivity index (χ2n) is 5.94. The lowest BCUT2D eigenvalue weighted by Gasteiger charge is -2.16. The number of anilines is 1. The van der Waals surface area contributed by atoms with E-state index in [0.717, 1.165) is 10.3 Å². The Balaban J connectivity index is 1.69. The lowest BCUT2D eigenvalue weighted by molar-refractivity contribution is -0.114. The Bertz CT molecular complexity index is 1150. The molecule has 140 valence electrons. The van der Waals surface area contributed by atoms with Crippen LogP contribution in [-0.2, 0) is 11.3 Å². The number of halogens is 2. The van der Waals surface area contributed by atoms with Gasteiger partial charge >= 0.3 is 0 Å². The molecule has 0 radical (unpaired) electrons. The number of fused-ring (bicyclic) bond motifs is 1. The van der Waals surface area contributed by atoms with Crippen molar-refractivity contribution >= 4 is 61.9 Å². The molecule has 0 saturated heterocycles. The molecule has 4 aromatic rings. The number of aromatic nitrogens is 1. The zero-order valence-electron chi connectivity index (χ0n) is 14.5. The third-order valence-corrected chi connectivity index (χ3v) is 5.75. The van der Waals surface area contributed by atoms with Gasteiger partial charge in [-0.15, -0.1) is 0 Å². The zero-order valence-corrected chi connectivity index (χ0v) is 16.8. The number of hydrogen-bond donors (Lipinski definition) is 0. The number of para-hydroxylation sites is 1. The number of furan rings is 1. The number of hydrogen-bond acceptors (Lipinski definition) is 4. The topological polar surface area (TPSA) is 46.3 Å². The molecule has 0 saturated carbocycles. The smallest absolute Gasteiger partial charge is 0.253 e. The molecule has 0 aliphatic rings. The molecule has 0 fully saturated rings. The van der Waals surface area contributed by atoms with Gasteiger partial charge in [0, 0.05) is 11.1 Å². The molecule has 0 N–H and O–H groups in total. The molecule has 2 aromatic heterocycles. The highest BCUT2D eigenvalue weighted by atomic mass is 35.5. The van der Waals surface area contributed by atoms with Gasteiger partial charge in [0.15, 0.2) is 5.13 Å². The monoisotopic (exact) mass is 428 g/mol. The Labute approximate surface area is 175 Å². The minimum atomic E-state index is -0.230. The van der Waals surface area contributed by atoms with Crippen molar-refractivity contribution in [2.75, 3.05) is 4.90 Å². The highest BCUT2D eigenvalue weighted by Crippen LogP contribution is 2.33. The van der Waals surface area contributed by atoms with Crippen LogP contribution in [-0.4, -0.2) is 10.9 Å². The molecule has 4 rings (SSSR count). The Hall–Kier alpha value is -2.60. The third-order valence-electron chi connectivity index (χ3n) is 4.06. The number of rotatable bonds is 5. The maximum atomic E-state index is 13.0. The maximum Gasteiger partial charge on any atom is 0.253 e. The molecular weight excluding hydrogens is 415 g/mol. The highest BCUT2D eigenvalue weighted by Gasteiger charge is 2.20. The van der Waals surface area contributed by atoms with E-state index in [-0.39, 0.29) is 12.5 Å². The molecule has 0 spiro atoms. The second kappa shape index (κ2) is 8.19. The minimum Gasteiger partial charge on any atom is -0.467 e. The highest BCUT2D eigenvalue weighted by molar-refractivity contribution is 7.22. The van der Waals surface area contributed by atoms with Crippen LogP contribution < -0.4 is 4.90 Å². The van der Waals surface area contributed by atoms with Gasteiger partial charge in [-0.3, -0.25) is 9.69 Å². The molecule has 1 amide bonds. The van der Waals surface area contributed by atoms with Gasteiger partial charge in [0.2, 0.25) is 0 Å². The van der Waals surface area contributed by atoms with Crippen molar-refractivity contribution in [1.29, 1.82) is 0 Å². The quantitative estimate of drug-likeness (QED) is 0.343. The lowest BCUT2D eigenvalue weighted by Crippen LogP contribution is -2.28. The van der Waals surface area contributed by atoms with Crippen molar-refractivity contribution < 1.29 is 9.21 Å². The van der Waals surface area contributed by atoms with Crippen LogP contribution in [0, 0.1) is 0 Å². The van der Waals surface area contributed by atoms with Crippen molar-refractivity contribution in [2.45, 2.75) is 6.54 Å². The predicted octanol–water partition coefficient (Wildman–Crippen LogP) is 6.44. The van der Waals surface area contributed by atoms with E-state index in [4.69, 9.17) is 27.6 Å². The van der Waals surface area contributed by atoms with Crippen molar-refractivity contribution in [3.8, 4) is 0 Å². The van der Waals surface area contributed by atoms with E-state index in [1.165, 1.54) is 17.4 Å². The van der Waals surface area contributed by atoms with E-state index >= 15 is 0 Å². The van der Waals surface area contributed by atoms with E-state index in [9.17, 15) is 4.79 Å². The second-order valence-corrected chi connectivity index (χ2v) is 7.77. The van der Waals surface area contributed by atoms with E-state index in [1.807, 2.05) is 36.4 Å². The first-order chi connectivity index (χ1) is 13.6. The van der Waals surface area contributed by atoms with Crippen molar-refractivity contribution in [3.63, 3.8) is 0 Å². The van der Waals surface area contributed by atoms with E-state index in [2.05, 4.69) is 4.98 Å². The number of benzene rings is 2. The van der Waals surface area contributed by atoms with Crippen LogP contribution in [0.15, 0.2) is 71.4 Å². The molecule has 0 bridgehead atoms. The maximum absolute atomic E-state index is 13.0. The van der Waals surface area contributed by atoms with Crippen LogP contribution in [0.25, 0.3) is 16.3 Å². The summed E-state index contributed by atoms with van der Waals surface area (Å²) in [6, 6.07) is 16.5. The fraction of sp³-hybridized carbons (Fsp3) is 0.0476. The summed E-state index contributed by atoms with van der Waals surface area (Å²) in [4.78, 5) is 19.1. The Morgan fingerprint density at radius 1 is 1.07 bits per heavy atom. The summed E-state index contributed by atoms with van der Waals surface area (Å²) < 4.78 is 6.34. The molecular formula is C21H14Cl2N2O2S. The molecule has 0 aliphatic carbocycles. The molecule has 7 heteroatoms. The average molecular weight is 429 g/mol. The fourth-order valence-corrected chi connectivity index (χ4v) is 4.15. The minimum absolute atomic E-state index is 0.230. The van der Waals surface area contributed by atoms with Crippen LogP contribution in [0.3, 0.4) is 0 Å². The number of carbonyl (C=O) groups is 1. The van der Waals surface area contributed by atoms with E-state index in [1.54, 1.807) is 35.4 Å². The third kappa shape index (κ3) is 3.97. The van der Waals surface area contributed by atoms with E-state index < -0.39 is 0 Å². The first-order valence-corrected chi connectivity index (χ1v) is 10.0. The van der Waals surface area contributed by atoms with Gasteiger partial charge in [-0.1, -0.05) is 58.8 Å². The van der Waals surface area contributed by atoms with Gasteiger partial charge in [0.05, 0.1) is 22.5 Å². The lowest BCUT2D eigenvalue weighted by atomic mass is 10.2. The number of carbonyl (C=O) groups excluding carboxylic acids is 1. The van der Waals surface area contributed by atoms with Crippen molar-refractivity contribution in [1.82, 2.24) is 4.98 Å². The molecule has 4 nitrogen and oxygen atoms in total. The van der Waals surface area contributed by atoms with Crippen LogP contribution >= 0.6 is 34.5 Å². The molecule has 0 aliphatic heterocycles. The fourth-order valence-electron chi connectivity index (χ4n) is 2.68. The summed E-state index contributed by atoms with van der Waals surface area (Å²) in [5.74, 6) is 0.427. The normalized spacial score (nSPS) is 11.4. The average Bonchev–Trinajstić information content (AvgIpc) is 3.35. The molecule has 28 heavy (non-hydrogen) atoms. The van der Waals surface area contributed by atoms with Gasteiger partial charge in [-0.05, 0) is 42.0 Å². The van der Waals surface area contributed by atoms with Crippen LogP contribution in [0.1, 0.15) is 11.3 Å². The van der Waals surface area contributed by atoms with Crippen LogP contribution in [0.2, 0.25) is 10.0 Å². The molecule has 0 atom stereocenters. The number of thiazole rings is 1. The summed E-state index contributed by atoms with van der Waals surface area (Å²) in [6.07, 6.45) is 4.75. The van der Waals surface area contributed by atoms with Crippen molar-refractivity contribution in [3.05, 3.63) is 88.3 Å². The first kappa shape index (κ1) is 18.7. The van der Waals surface area contributed by atoms with E-state index in [0.29, 0.717) is 26.5 Å². The summed E-state index contributed by atoms with van der Waals surface area (Å²) in [5.41, 5.74) is 1.44. The summed E-state index contributed by atoms with van der Waals surface area (Å²) in [5, 5.41) is 1.68. The molecule has 2 heterocycles. The van der Waals surface area contributed by atoms with Gasteiger partial charge in [-0.25, -0.2) is 4.98 Å². The van der Waals surface area contributed by atoms with Gasteiger partial charge in [0.1, 0.15) is 11.3 Å². The SMILES string of the molecule is O=C(/C=C/c1ccccc1Cl)N(Cc1ccco1)c1nc2c(Cl)cccc2s1. The Kier molecular flexibility index (Phi) is 5.48. The largest absolute Gasteiger partial charge is 0.467 e. The zero-order chi connectivity index (χ0) is 19.5. The van der Waals surface area contributed by atoms with Gasteiger partial charge in [-0.2, -0.15) is 0 Å². The number of nitrogens with zero attached hydrogens (tertiary/aromatic N) is 2. The molecule has 0 unspecified atom stereocenters. The molecule has 2 aromatic carbocycles. The van der Waals surface area contributed by atoms with Crippen LogP contribution in [0.4, 0.5) is 5.13 Å².